The number of nitrogens with one attached hydrogen (secondary N) is 1. The molecule has 18 heavy (non-hydrogen) atoms. The van der Waals surface area contributed by atoms with E-state index in [9.17, 15) is 9.90 Å². The van der Waals surface area contributed by atoms with Gasteiger partial charge in [0, 0.05) is 19.6 Å². The molecule has 1 fully saturated rings. The Morgan fingerprint density at radius 3 is 2.83 bits per heavy atom. The van der Waals surface area contributed by atoms with E-state index in [2.05, 4.69) is 24.1 Å². The maximum absolute atomic E-state index is 12.0. The summed E-state index contributed by atoms with van der Waals surface area (Å²) in [6, 6.07) is -0.0802. The summed E-state index contributed by atoms with van der Waals surface area (Å²) in [5.41, 5.74) is 0. The summed E-state index contributed by atoms with van der Waals surface area (Å²) in [6.07, 6.45) is 3.70. The summed E-state index contributed by atoms with van der Waals surface area (Å²) in [5.74, 6) is 0.430. The third-order valence-corrected chi connectivity index (χ3v) is 4.01. The molecule has 0 spiro atoms. The summed E-state index contributed by atoms with van der Waals surface area (Å²) < 4.78 is 0. The van der Waals surface area contributed by atoms with Crippen LogP contribution in [0.15, 0.2) is 0 Å². The second-order valence-electron chi connectivity index (χ2n) is 5.34. The van der Waals surface area contributed by atoms with E-state index in [-0.39, 0.29) is 18.1 Å². The molecular formula is C14H28N2O2. The number of aliphatic hydroxyl groups is 1. The minimum absolute atomic E-state index is 0.0802. The molecule has 0 aromatic carbocycles. The Bertz CT molecular complexity index is 258. The van der Waals surface area contributed by atoms with Gasteiger partial charge in [-0.15, -0.1) is 0 Å². The van der Waals surface area contributed by atoms with Crippen LogP contribution >= 0.6 is 0 Å². The highest BCUT2D eigenvalue weighted by Gasteiger charge is 2.31. The first kappa shape index (κ1) is 15.4. The highest BCUT2D eigenvalue weighted by molar-refractivity contribution is 5.81. The average Bonchev–Trinajstić information content (AvgIpc) is 2.38. The van der Waals surface area contributed by atoms with E-state index in [1.54, 1.807) is 0 Å². The van der Waals surface area contributed by atoms with Crippen LogP contribution in [0.2, 0.25) is 0 Å². The van der Waals surface area contributed by atoms with Crippen LogP contribution in [0.25, 0.3) is 0 Å². The van der Waals surface area contributed by atoms with Gasteiger partial charge in [0.25, 0.3) is 0 Å². The van der Waals surface area contributed by atoms with Crippen LogP contribution in [0.3, 0.4) is 0 Å². The van der Waals surface area contributed by atoms with Gasteiger partial charge in [-0.3, -0.25) is 9.69 Å². The summed E-state index contributed by atoms with van der Waals surface area (Å²) in [6.45, 7) is 8.61. The van der Waals surface area contributed by atoms with Crippen molar-refractivity contribution in [2.24, 2.45) is 5.92 Å². The third kappa shape index (κ3) is 4.25. The van der Waals surface area contributed by atoms with E-state index in [4.69, 9.17) is 0 Å². The summed E-state index contributed by atoms with van der Waals surface area (Å²) in [5, 5.41) is 12.8. The molecule has 2 N–H and O–H groups in total. The first-order valence-electron chi connectivity index (χ1n) is 7.29. The fourth-order valence-electron chi connectivity index (χ4n) is 2.50. The predicted molar refractivity (Wildman–Crippen MR) is 73.4 cm³/mol. The zero-order valence-corrected chi connectivity index (χ0v) is 12.0. The van der Waals surface area contributed by atoms with Gasteiger partial charge in [-0.2, -0.15) is 0 Å². The molecule has 1 saturated heterocycles. The molecule has 1 aliphatic rings. The van der Waals surface area contributed by atoms with Crippen molar-refractivity contribution in [1.82, 2.24) is 10.2 Å². The Morgan fingerprint density at radius 2 is 2.22 bits per heavy atom. The molecule has 3 atom stereocenters. The highest BCUT2D eigenvalue weighted by atomic mass is 16.3. The van der Waals surface area contributed by atoms with E-state index < -0.39 is 0 Å². The molecular weight excluding hydrogens is 228 g/mol. The minimum Gasteiger partial charge on any atom is -0.393 e. The van der Waals surface area contributed by atoms with Crippen LogP contribution in [-0.4, -0.2) is 47.7 Å². The monoisotopic (exact) mass is 256 g/mol. The Labute approximate surface area is 111 Å². The molecule has 0 bridgehead atoms. The van der Waals surface area contributed by atoms with Crippen molar-refractivity contribution in [2.45, 2.75) is 58.6 Å². The summed E-state index contributed by atoms with van der Waals surface area (Å²) in [7, 11) is 0. The molecule has 0 radical (unpaired) electrons. The molecule has 0 saturated carbocycles. The van der Waals surface area contributed by atoms with Crippen LogP contribution in [0.5, 0.6) is 0 Å². The SMILES string of the molecule is CCCCNC(=O)C(C)N1CCC(O)C(CC)C1. The quantitative estimate of drug-likeness (QED) is 0.706. The van der Waals surface area contributed by atoms with Gasteiger partial charge >= 0.3 is 0 Å². The van der Waals surface area contributed by atoms with Gasteiger partial charge in [0.2, 0.25) is 5.91 Å². The van der Waals surface area contributed by atoms with Crippen molar-refractivity contribution < 1.29 is 9.90 Å². The number of amides is 1. The highest BCUT2D eigenvalue weighted by Crippen LogP contribution is 2.21. The first-order chi connectivity index (χ1) is 8.60. The lowest BCUT2D eigenvalue weighted by atomic mass is 9.91. The molecule has 106 valence electrons. The van der Waals surface area contributed by atoms with Crippen LogP contribution in [0.1, 0.15) is 46.5 Å². The maximum Gasteiger partial charge on any atom is 0.237 e. The number of likely N-dealkylation sites (tertiary alicyclic amines) is 1. The fourth-order valence-corrected chi connectivity index (χ4v) is 2.50. The number of piperidine rings is 1. The van der Waals surface area contributed by atoms with Crippen molar-refractivity contribution in [2.75, 3.05) is 19.6 Å². The topological polar surface area (TPSA) is 52.6 Å². The van der Waals surface area contributed by atoms with E-state index >= 15 is 0 Å². The van der Waals surface area contributed by atoms with Gasteiger partial charge in [-0.25, -0.2) is 0 Å². The number of aliphatic hydroxyl groups excluding tert-OH is 1. The molecule has 0 aromatic heterocycles. The minimum atomic E-state index is -0.193. The molecule has 4 heteroatoms. The zero-order valence-electron chi connectivity index (χ0n) is 12.0. The predicted octanol–water partition coefficient (Wildman–Crippen LogP) is 1.38. The zero-order chi connectivity index (χ0) is 13.5. The van der Waals surface area contributed by atoms with Gasteiger partial charge in [-0.1, -0.05) is 20.3 Å². The molecule has 1 aliphatic heterocycles. The van der Waals surface area contributed by atoms with Crippen molar-refractivity contribution in [3.8, 4) is 0 Å². The van der Waals surface area contributed by atoms with Gasteiger partial charge in [0.15, 0.2) is 0 Å². The number of unbranched alkanes of at least 4 members (excludes halogenated alkanes) is 1. The maximum atomic E-state index is 12.0. The van der Waals surface area contributed by atoms with Gasteiger partial charge in [0.1, 0.15) is 0 Å². The van der Waals surface area contributed by atoms with Gasteiger partial charge < -0.3 is 10.4 Å². The Kier molecular flexibility index (Phi) is 6.65. The Balaban J connectivity index is 2.41. The van der Waals surface area contributed by atoms with E-state index in [1.807, 2.05) is 6.92 Å². The Hall–Kier alpha value is -0.610. The largest absolute Gasteiger partial charge is 0.393 e. The van der Waals surface area contributed by atoms with Crippen molar-refractivity contribution >= 4 is 5.91 Å². The fraction of sp³-hybridized carbons (Fsp3) is 0.929. The second kappa shape index (κ2) is 7.74. The third-order valence-electron chi connectivity index (χ3n) is 4.01. The smallest absolute Gasteiger partial charge is 0.237 e. The van der Waals surface area contributed by atoms with Crippen molar-refractivity contribution in [3.63, 3.8) is 0 Å². The van der Waals surface area contributed by atoms with Crippen molar-refractivity contribution in [3.05, 3.63) is 0 Å². The number of nitrogens with zero attached hydrogens (tertiary/aromatic N) is 1. The van der Waals surface area contributed by atoms with E-state index in [0.717, 1.165) is 45.3 Å². The molecule has 4 nitrogen and oxygen atoms in total. The number of hydrogen-bond acceptors (Lipinski definition) is 3. The molecule has 1 heterocycles. The standard InChI is InChI=1S/C14H28N2O2/c1-4-6-8-15-14(18)11(3)16-9-7-13(17)12(5-2)10-16/h11-13,17H,4-10H2,1-3H3,(H,15,18). The first-order valence-corrected chi connectivity index (χ1v) is 7.29. The number of hydrogen-bond donors (Lipinski definition) is 2. The molecule has 1 amide bonds. The number of rotatable bonds is 6. The van der Waals surface area contributed by atoms with Gasteiger partial charge in [-0.05, 0) is 32.1 Å². The normalized spacial score (nSPS) is 26.9. The lowest BCUT2D eigenvalue weighted by molar-refractivity contribution is -0.127. The lowest BCUT2D eigenvalue weighted by Gasteiger charge is -2.38. The molecule has 1 rings (SSSR count). The van der Waals surface area contributed by atoms with Crippen LogP contribution in [-0.2, 0) is 4.79 Å². The lowest BCUT2D eigenvalue weighted by Crippen LogP contribution is -2.52. The number of carbonyl (C=O) groups excluding carboxylic acids is 1. The van der Waals surface area contributed by atoms with E-state index in [0.29, 0.717) is 5.92 Å². The Morgan fingerprint density at radius 1 is 1.50 bits per heavy atom. The summed E-state index contributed by atoms with van der Waals surface area (Å²) >= 11 is 0. The second-order valence-corrected chi connectivity index (χ2v) is 5.34. The van der Waals surface area contributed by atoms with Crippen LogP contribution in [0.4, 0.5) is 0 Å². The van der Waals surface area contributed by atoms with Crippen LogP contribution in [0, 0.1) is 5.92 Å². The van der Waals surface area contributed by atoms with Gasteiger partial charge in [0.05, 0.1) is 12.1 Å². The molecule has 0 aliphatic carbocycles. The average molecular weight is 256 g/mol. The van der Waals surface area contributed by atoms with Crippen molar-refractivity contribution in [1.29, 1.82) is 0 Å². The molecule has 3 unspecified atom stereocenters. The summed E-state index contributed by atoms with van der Waals surface area (Å²) in [4.78, 5) is 14.2. The number of carbonyl (C=O) groups is 1. The van der Waals surface area contributed by atoms with Crippen LogP contribution < -0.4 is 5.32 Å². The molecule has 0 aromatic rings. The van der Waals surface area contributed by atoms with E-state index in [1.165, 1.54) is 0 Å².